The summed E-state index contributed by atoms with van der Waals surface area (Å²) in [5.41, 5.74) is 0.899. The van der Waals surface area contributed by atoms with Gasteiger partial charge in [-0.25, -0.2) is 0 Å². The van der Waals surface area contributed by atoms with Crippen LogP contribution in [0.3, 0.4) is 0 Å². The van der Waals surface area contributed by atoms with E-state index < -0.39 is 0 Å². The van der Waals surface area contributed by atoms with Crippen molar-refractivity contribution in [2.45, 2.75) is 158 Å². The average Bonchev–Trinajstić information content (AvgIpc) is 2.95. The number of nitrogens with one attached hydrogen (secondary N) is 1. The van der Waals surface area contributed by atoms with Gasteiger partial charge in [-0.15, -0.1) is 0 Å². The summed E-state index contributed by atoms with van der Waals surface area (Å²) in [5, 5.41) is 3.75. The van der Waals surface area contributed by atoms with Gasteiger partial charge in [-0.1, -0.05) is 68.2 Å². The van der Waals surface area contributed by atoms with Crippen molar-refractivity contribution >= 4 is 5.91 Å². The summed E-state index contributed by atoms with van der Waals surface area (Å²) in [7, 11) is 0. The molecule has 6 rings (SSSR count). The third kappa shape index (κ3) is 5.06. The van der Waals surface area contributed by atoms with Gasteiger partial charge >= 0.3 is 0 Å². The van der Waals surface area contributed by atoms with Crippen LogP contribution in [0.15, 0.2) is 0 Å². The number of carbonyl (C=O) groups is 1. The zero-order valence-electron chi connectivity index (χ0n) is 29.2. The Kier molecular flexibility index (Phi) is 8.51. The SMILES string of the molecule is CC(C)C1CC[C@@H]2C(CCC3[C@@](C)(CNC(=O)[C@]4(C)CCC[C@@]5(C)C4CCC4CC(C(C)C)CC[C@@H]45)CCC[C@@]32C)C1. The van der Waals surface area contributed by atoms with Gasteiger partial charge in [0.25, 0.3) is 0 Å². The lowest BCUT2D eigenvalue weighted by Gasteiger charge is -2.62. The Hall–Kier alpha value is -0.530. The maximum Gasteiger partial charge on any atom is 0.226 e. The fourth-order valence-corrected chi connectivity index (χ4v) is 14.1. The highest BCUT2D eigenvalue weighted by molar-refractivity contribution is 5.83. The van der Waals surface area contributed by atoms with E-state index in [1.807, 2.05) is 0 Å². The van der Waals surface area contributed by atoms with Gasteiger partial charge in [0.15, 0.2) is 0 Å². The highest BCUT2D eigenvalue weighted by Gasteiger charge is 2.60. The van der Waals surface area contributed by atoms with E-state index in [0.29, 0.717) is 22.7 Å². The number of hydrogen-bond donors (Lipinski definition) is 1. The summed E-state index contributed by atoms with van der Waals surface area (Å²) in [6.07, 6.45) is 21.9. The summed E-state index contributed by atoms with van der Waals surface area (Å²) in [6, 6.07) is 0. The maximum atomic E-state index is 14.5. The normalized spacial score (nSPS) is 50.8. The van der Waals surface area contributed by atoms with Crippen molar-refractivity contribution in [3.05, 3.63) is 0 Å². The molecular weight excluding hydrogens is 510 g/mol. The average molecular weight is 580 g/mol. The van der Waals surface area contributed by atoms with E-state index in [0.717, 1.165) is 66.2 Å². The highest BCUT2D eigenvalue weighted by atomic mass is 16.2. The van der Waals surface area contributed by atoms with Crippen molar-refractivity contribution in [2.24, 2.45) is 80.8 Å². The van der Waals surface area contributed by atoms with Crippen LogP contribution >= 0.6 is 0 Å². The molecule has 6 fully saturated rings. The fourth-order valence-electron chi connectivity index (χ4n) is 14.1. The molecule has 0 aromatic heterocycles. The first-order chi connectivity index (χ1) is 19.8. The molecule has 12 atom stereocenters. The Morgan fingerprint density at radius 2 is 1.14 bits per heavy atom. The van der Waals surface area contributed by atoms with Crippen molar-refractivity contribution in [3.8, 4) is 0 Å². The molecule has 0 spiro atoms. The summed E-state index contributed by atoms with van der Waals surface area (Å²) >= 11 is 0. The zero-order valence-corrected chi connectivity index (χ0v) is 29.2. The minimum Gasteiger partial charge on any atom is -0.355 e. The van der Waals surface area contributed by atoms with Crippen LogP contribution in [-0.2, 0) is 4.79 Å². The summed E-state index contributed by atoms with van der Waals surface area (Å²) < 4.78 is 0. The van der Waals surface area contributed by atoms with Gasteiger partial charge in [0.2, 0.25) is 5.91 Å². The van der Waals surface area contributed by atoms with E-state index >= 15 is 0 Å². The molecule has 0 bridgehead atoms. The fraction of sp³-hybridized carbons (Fsp3) is 0.975. The van der Waals surface area contributed by atoms with Crippen LogP contribution in [0, 0.1) is 80.8 Å². The van der Waals surface area contributed by atoms with Crippen LogP contribution in [0.1, 0.15) is 158 Å². The van der Waals surface area contributed by atoms with Gasteiger partial charge in [-0.05, 0) is 165 Å². The van der Waals surface area contributed by atoms with Crippen molar-refractivity contribution in [1.82, 2.24) is 5.32 Å². The van der Waals surface area contributed by atoms with Crippen molar-refractivity contribution < 1.29 is 4.79 Å². The number of carbonyl (C=O) groups excluding carboxylic acids is 1. The van der Waals surface area contributed by atoms with Gasteiger partial charge in [0.1, 0.15) is 0 Å². The topological polar surface area (TPSA) is 29.1 Å². The summed E-state index contributed by atoms with van der Waals surface area (Å²) in [4.78, 5) is 14.5. The molecule has 1 N–H and O–H groups in total. The maximum absolute atomic E-state index is 14.5. The van der Waals surface area contributed by atoms with Gasteiger partial charge in [0, 0.05) is 12.0 Å². The first-order valence-electron chi connectivity index (χ1n) is 19.1. The standard InChI is InChI=1S/C40H69NO/c1-26(2)28-11-15-32-30(23-28)13-17-34-37(5,19-9-20-38(32,34)6)25-41-36(42)40(8)22-10-21-39(7)33-16-12-29(27(3)4)24-31(33)14-18-35(39)40/h26-35H,9-25H2,1-8H3,(H,41,42)/t28?,29?,30?,31?,32-,33+,34?,35?,37-,38-,39-,40-/m1/s1. The molecule has 6 aliphatic rings. The molecule has 240 valence electrons. The molecule has 0 saturated heterocycles. The molecular formula is C40H69NO. The van der Waals surface area contributed by atoms with E-state index in [-0.39, 0.29) is 10.8 Å². The Morgan fingerprint density at radius 3 is 1.69 bits per heavy atom. The Labute approximate surface area is 261 Å². The molecule has 6 saturated carbocycles. The summed E-state index contributed by atoms with van der Waals surface area (Å²) in [5.74, 6) is 8.91. The molecule has 42 heavy (non-hydrogen) atoms. The Bertz CT molecular complexity index is 986. The van der Waals surface area contributed by atoms with Gasteiger partial charge in [-0.2, -0.15) is 0 Å². The Balaban J connectivity index is 1.14. The zero-order chi connectivity index (χ0) is 30.1. The first kappa shape index (κ1) is 31.5. The van der Waals surface area contributed by atoms with Crippen molar-refractivity contribution in [3.63, 3.8) is 0 Å². The molecule has 1 amide bonds. The smallest absolute Gasteiger partial charge is 0.226 e. The molecule has 2 nitrogen and oxygen atoms in total. The lowest BCUT2D eigenvalue weighted by molar-refractivity contribution is -0.159. The second kappa shape index (κ2) is 11.4. The quantitative estimate of drug-likeness (QED) is 0.345. The molecule has 0 heterocycles. The van der Waals surface area contributed by atoms with E-state index in [4.69, 9.17) is 0 Å². The lowest BCUT2D eigenvalue weighted by atomic mass is 9.43. The van der Waals surface area contributed by atoms with Gasteiger partial charge in [-0.3, -0.25) is 4.79 Å². The van der Waals surface area contributed by atoms with Crippen LogP contribution in [0.5, 0.6) is 0 Å². The van der Waals surface area contributed by atoms with Crippen molar-refractivity contribution in [1.29, 1.82) is 0 Å². The second-order valence-corrected chi connectivity index (χ2v) is 19.1. The number of fused-ring (bicyclic) bond motifs is 6. The molecule has 0 radical (unpaired) electrons. The van der Waals surface area contributed by atoms with Crippen LogP contribution < -0.4 is 5.32 Å². The predicted molar refractivity (Wildman–Crippen MR) is 177 cm³/mol. The van der Waals surface area contributed by atoms with Gasteiger partial charge in [0.05, 0.1) is 0 Å². The number of hydrogen-bond acceptors (Lipinski definition) is 1. The minimum absolute atomic E-state index is 0.186. The summed E-state index contributed by atoms with van der Waals surface area (Å²) in [6.45, 7) is 21.0. The van der Waals surface area contributed by atoms with Crippen molar-refractivity contribution in [2.75, 3.05) is 6.54 Å². The van der Waals surface area contributed by atoms with E-state index in [2.05, 4.69) is 60.7 Å². The Morgan fingerprint density at radius 1 is 0.643 bits per heavy atom. The third-order valence-corrected chi connectivity index (χ3v) is 16.5. The third-order valence-electron chi connectivity index (χ3n) is 16.5. The van der Waals surface area contributed by atoms with E-state index in [9.17, 15) is 4.79 Å². The monoisotopic (exact) mass is 580 g/mol. The van der Waals surface area contributed by atoms with Crippen LogP contribution in [-0.4, -0.2) is 12.5 Å². The van der Waals surface area contributed by atoms with Crippen LogP contribution in [0.2, 0.25) is 0 Å². The van der Waals surface area contributed by atoms with E-state index in [1.165, 1.54) is 96.3 Å². The van der Waals surface area contributed by atoms with E-state index in [1.54, 1.807) is 0 Å². The molecule has 2 heteroatoms. The van der Waals surface area contributed by atoms with Crippen LogP contribution in [0.25, 0.3) is 0 Å². The largest absolute Gasteiger partial charge is 0.355 e. The second-order valence-electron chi connectivity index (χ2n) is 19.1. The number of amides is 1. The molecule has 6 unspecified atom stereocenters. The molecule has 0 aromatic rings. The van der Waals surface area contributed by atoms with Gasteiger partial charge < -0.3 is 5.32 Å². The van der Waals surface area contributed by atoms with Crippen LogP contribution in [0.4, 0.5) is 0 Å². The molecule has 0 aromatic carbocycles. The molecule has 6 aliphatic carbocycles. The minimum atomic E-state index is -0.186. The first-order valence-corrected chi connectivity index (χ1v) is 19.1. The number of rotatable bonds is 5. The predicted octanol–water partition coefficient (Wildman–Crippen LogP) is 10.7. The highest BCUT2D eigenvalue weighted by Crippen LogP contribution is 2.66. The molecule has 0 aliphatic heterocycles. The lowest BCUT2D eigenvalue weighted by Crippen LogP contribution is -2.60.